The SMILES string of the molecule is COC(=O)CN(C)C(=O)Cc1ccc(NC(C)=O)cc1. The number of esters is 1. The van der Waals surface area contributed by atoms with Crippen molar-refractivity contribution in [3.63, 3.8) is 0 Å². The second-order valence-corrected chi connectivity index (χ2v) is 4.38. The van der Waals surface area contributed by atoms with Crippen LogP contribution in [0.2, 0.25) is 0 Å². The molecule has 0 spiro atoms. The average Bonchev–Trinajstić information content (AvgIpc) is 2.40. The highest BCUT2D eigenvalue weighted by molar-refractivity contribution is 5.88. The van der Waals surface area contributed by atoms with Gasteiger partial charge in [-0.3, -0.25) is 14.4 Å². The molecule has 0 aliphatic heterocycles. The van der Waals surface area contributed by atoms with Crippen LogP contribution in [-0.2, 0) is 25.5 Å². The van der Waals surface area contributed by atoms with Crippen molar-refractivity contribution in [2.75, 3.05) is 26.0 Å². The minimum Gasteiger partial charge on any atom is -0.468 e. The molecule has 0 aliphatic rings. The van der Waals surface area contributed by atoms with E-state index in [1.165, 1.54) is 18.9 Å². The van der Waals surface area contributed by atoms with E-state index in [1.807, 2.05) is 0 Å². The summed E-state index contributed by atoms with van der Waals surface area (Å²) in [4.78, 5) is 35.1. The number of benzene rings is 1. The van der Waals surface area contributed by atoms with Crippen LogP contribution >= 0.6 is 0 Å². The van der Waals surface area contributed by atoms with Gasteiger partial charge in [0.05, 0.1) is 13.5 Å². The molecule has 20 heavy (non-hydrogen) atoms. The summed E-state index contributed by atoms with van der Waals surface area (Å²) in [6, 6.07) is 6.97. The molecular weight excluding hydrogens is 260 g/mol. The molecule has 0 saturated heterocycles. The number of nitrogens with zero attached hydrogens (tertiary/aromatic N) is 1. The molecule has 1 N–H and O–H groups in total. The maximum absolute atomic E-state index is 11.9. The van der Waals surface area contributed by atoms with E-state index < -0.39 is 5.97 Å². The van der Waals surface area contributed by atoms with E-state index in [4.69, 9.17) is 0 Å². The topological polar surface area (TPSA) is 75.7 Å². The van der Waals surface area contributed by atoms with Crippen LogP contribution in [0.25, 0.3) is 0 Å². The van der Waals surface area contributed by atoms with Crippen molar-refractivity contribution in [1.29, 1.82) is 0 Å². The molecule has 2 amide bonds. The highest BCUT2D eigenvalue weighted by Gasteiger charge is 2.13. The van der Waals surface area contributed by atoms with Crippen LogP contribution in [0.4, 0.5) is 5.69 Å². The molecule has 0 heterocycles. The Balaban J connectivity index is 2.57. The fourth-order valence-corrected chi connectivity index (χ4v) is 1.57. The highest BCUT2D eigenvalue weighted by atomic mass is 16.5. The van der Waals surface area contributed by atoms with Gasteiger partial charge in [-0.15, -0.1) is 0 Å². The van der Waals surface area contributed by atoms with Crippen LogP contribution in [-0.4, -0.2) is 43.4 Å². The Morgan fingerprint density at radius 1 is 1.20 bits per heavy atom. The number of likely N-dealkylation sites (N-methyl/N-ethyl adjacent to an activating group) is 1. The molecule has 0 radical (unpaired) electrons. The first-order valence-electron chi connectivity index (χ1n) is 6.09. The van der Waals surface area contributed by atoms with E-state index in [0.29, 0.717) is 5.69 Å². The Morgan fingerprint density at radius 2 is 1.80 bits per heavy atom. The number of methoxy groups -OCH3 is 1. The lowest BCUT2D eigenvalue weighted by Gasteiger charge is -2.15. The predicted molar refractivity (Wildman–Crippen MR) is 74.1 cm³/mol. The third kappa shape index (κ3) is 5.09. The van der Waals surface area contributed by atoms with Gasteiger partial charge < -0.3 is 15.0 Å². The molecular formula is C14H18N2O4. The third-order valence-corrected chi connectivity index (χ3v) is 2.65. The van der Waals surface area contributed by atoms with Crippen molar-refractivity contribution in [2.24, 2.45) is 0 Å². The molecule has 0 aromatic heterocycles. The normalized spacial score (nSPS) is 9.75. The summed E-state index contributed by atoms with van der Waals surface area (Å²) in [6.07, 6.45) is 0.188. The number of carbonyl (C=O) groups is 3. The van der Waals surface area contributed by atoms with Gasteiger partial charge in [-0.25, -0.2) is 0 Å². The molecule has 1 aromatic carbocycles. The molecule has 1 rings (SSSR count). The Hall–Kier alpha value is -2.37. The number of nitrogens with one attached hydrogen (secondary N) is 1. The number of rotatable bonds is 5. The first kappa shape index (κ1) is 15.7. The largest absolute Gasteiger partial charge is 0.468 e. The Morgan fingerprint density at radius 3 is 2.30 bits per heavy atom. The molecule has 0 aliphatic carbocycles. The van der Waals surface area contributed by atoms with Crippen LogP contribution < -0.4 is 5.32 Å². The number of carbonyl (C=O) groups excluding carboxylic acids is 3. The first-order chi connectivity index (χ1) is 9.42. The van der Waals surface area contributed by atoms with Gasteiger partial charge in [-0.2, -0.15) is 0 Å². The lowest BCUT2D eigenvalue weighted by atomic mass is 10.1. The molecule has 0 bridgehead atoms. The zero-order valence-electron chi connectivity index (χ0n) is 11.8. The second-order valence-electron chi connectivity index (χ2n) is 4.38. The summed E-state index contributed by atoms with van der Waals surface area (Å²) in [7, 11) is 2.83. The monoisotopic (exact) mass is 278 g/mol. The number of ether oxygens (including phenoxy) is 1. The first-order valence-corrected chi connectivity index (χ1v) is 6.09. The van der Waals surface area contributed by atoms with Gasteiger partial charge in [-0.05, 0) is 17.7 Å². The molecule has 1 aromatic rings. The van der Waals surface area contributed by atoms with Crippen molar-refractivity contribution < 1.29 is 19.1 Å². The number of hydrogen-bond donors (Lipinski definition) is 1. The summed E-state index contributed by atoms with van der Waals surface area (Å²) < 4.78 is 4.50. The van der Waals surface area contributed by atoms with Crippen LogP contribution in [0.15, 0.2) is 24.3 Å². The standard InChI is InChI=1S/C14H18N2O4/c1-10(17)15-12-6-4-11(5-7-12)8-13(18)16(2)9-14(19)20-3/h4-7H,8-9H2,1-3H3,(H,15,17). The summed E-state index contributed by atoms with van der Waals surface area (Å²) in [5.41, 5.74) is 1.48. The van der Waals surface area contributed by atoms with Gasteiger partial charge in [0.15, 0.2) is 0 Å². The van der Waals surface area contributed by atoms with Crippen molar-refractivity contribution in [3.05, 3.63) is 29.8 Å². The van der Waals surface area contributed by atoms with Crippen LogP contribution in [0.1, 0.15) is 12.5 Å². The number of amides is 2. The molecule has 0 saturated carbocycles. The van der Waals surface area contributed by atoms with Crippen molar-refractivity contribution in [2.45, 2.75) is 13.3 Å². The Labute approximate surface area is 117 Å². The van der Waals surface area contributed by atoms with E-state index in [-0.39, 0.29) is 24.8 Å². The predicted octanol–water partition coefficient (Wildman–Crippen LogP) is 0.819. The summed E-state index contributed by atoms with van der Waals surface area (Å²) in [5, 5.41) is 2.65. The molecule has 108 valence electrons. The Kier molecular flexibility index (Phi) is 5.71. The van der Waals surface area contributed by atoms with Crippen LogP contribution in [0.3, 0.4) is 0 Å². The summed E-state index contributed by atoms with van der Waals surface area (Å²) >= 11 is 0. The number of hydrogen-bond acceptors (Lipinski definition) is 4. The van der Waals surface area contributed by atoms with Crippen molar-refractivity contribution >= 4 is 23.5 Å². The van der Waals surface area contributed by atoms with Gasteiger partial charge in [0.2, 0.25) is 11.8 Å². The van der Waals surface area contributed by atoms with Gasteiger partial charge in [0.25, 0.3) is 0 Å². The van der Waals surface area contributed by atoms with E-state index in [9.17, 15) is 14.4 Å². The van der Waals surface area contributed by atoms with Gasteiger partial charge in [-0.1, -0.05) is 12.1 Å². The van der Waals surface area contributed by atoms with Crippen LogP contribution in [0.5, 0.6) is 0 Å². The van der Waals surface area contributed by atoms with E-state index in [2.05, 4.69) is 10.1 Å². The van der Waals surface area contributed by atoms with E-state index in [0.717, 1.165) is 5.56 Å². The summed E-state index contributed by atoms with van der Waals surface area (Å²) in [6.45, 7) is 1.36. The molecule has 0 fully saturated rings. The minimum atomic E-state index is -0.457. The van der Waals surface area contributed by atoms with Crippen molar-refractivity contribution in [1.82, 2.24) is 4.90 Å². The maximum Gasteiger partial charge on any atom is 0.325 e. The van der Waals surface area contributed by atoms with Gasteiger partial charge in [0, 0.05) is 19.7 Å². The zero-order chi connectivity index (χ0) is 15.1. The highest BCUT2D eigenvalue weighted by Crippen LogP contribution is 2.10. The smallest absolute Gasteiger partial charge is 0.325 e. The third-order valence-electron chi connectivity index (χ3n) is 2.65. The average molecular weight is 278 g/mol. The van der Waals surface area contributed by atoms with E-state index >= 15 is 0 Å². The van der Waals surface area contributed by atoms with Gasteiger partial charge in [0.1, 0.15) is 6.54 Å². The fraction of sp³-hybridized carbons (Fsp3) is 0.357. The second kappa shape index (κ2) is 7.28. The zero-order valence-corrected chi connectivity index (χ0v) is 11.8. The van der Waals surface area contributed by atoms with Crippen molar-refractivity contribution in [3.8, 4) is 0 Å². The van der Waals surface area contributed by atoms with Crippen LogP contribution in [0, 0.1) is 0 Å². The lowest BCUT2D eigenvalue weighted by molar-refractivity contribution is -0.145. The minimum absolute atomic E-state index is 0.0701. The summed E-state index contributed by atoms with van der Waals surface area (Å²) in [5.74, 6) is -0.781. The quantitative estimate of drug-likeness (QED) is 0.809. The van der Waals surface area contributed by atoms with E-state index in [1.54, 1.807) is 31.3 Å². The Bertz CT molecular complexity index is 496. The fourth-order valence-electron chi connectivity index (χ4n) is 1.57. The lowest BCUT2D eigenvalue weighted by Crippen LogP contribution is -2.33. The number of anilines is 1. The molecule has 0 unspecified atom stereocenters. The molecule has 0 atom stereocenters. The van der Waals surface area contributed by atoms with Gasteiger partial charge >= 0.3 is 5.97 Å². The molecule has 6 nitrogen and oxygen atoms in total. The molecule has 6 heteroatoms. The maximum atomic E-state index is 11.9.